The fourth-order valence-corrected chi connectivity index (χ4v) is 1.88. The normalized spacial score (nSPS) is 10.3. The number of aromatic nitrogens is 2. The standard InChI is InChI=1S/C14H25N5O2/c1-4-7-11-17-13(10(3)14(18-11)19-15)16-9-6-8-12(20)21-5-2/h4-9,15H2,1-3H3,(H2,16,17,18,19). The summed E-state index contributed by atoms with van der Waals surface area (Å²) < 4.78 is 4.89. The lowest BCUT2D eigenvalue weighted by atomic mass is 10.2. The van der Waals surface area contributed by atoms with Crippen molar-refractivity contribution in [2.24, 2.45) is 5.84 Å². The van der Waals surface area contributed by atoms with Crippen molar-refractivity contribution in [3.8, 4) is 0 Å². The number of ether oxygens (including phenoxy) is 1. The van der Waals surface area contributed by atoms with Crippen molar-refractivity contribution in [3.63, 3.8) is 0 Å². The summed E-state index contributed by atoms with van der Waals surface area (Å²) in [6.07, 6.45) is 2.85. The monoisotopic (exact) mass is 295 g/mol. The third kappa shape index (κ3) is 5.55. The molecule has 1 rings (SSSR count). The first-order valence-corrected chi connectivity index (χ1v) is 7.35. The Labute approximate surface area is 125 Å². The molecule has 0 saturated heterocycles. The Morgan fingerprint density at radius 1 is 1.29 bits per heavy atom. The predicted molar refractivity (Wildman–Crippen MR) is 82.9 cm³/mol. The van der Waals surface area contributed by atoms with Gasteiger partial charge in [-0.25, -0.2) is 15.8 Å². The number of hydrazine groups is 1. The molecule has 0 bridgehead atoms. The minimum atomic E-state index is -0.172. The van der Waals surface area contributed by atoms with E-state index in [4.69, 9.17) is 10.6 Å². The van der Waals surface area contributed by atoms with Gasteiger partial charge in [-0.1, -0.05) is 6.92 Å². The lowest BCUT2D eigenvalue weighted by Gasteiger charge is -2.13. The first-order valence-electron chi connectivity index (χ1n) is 7.35. The van der Waals surface area contributed by atoms with Crippen molar-refractivity contribution in [1.29, 1.82) is 0 Å². The van der Waals surface area contributed by atoms with E-state index in [0.29, 0.717) is 31.8 Å². The Kier molecular flexibility index (Phi) is 7.45. The molecule has 7 heteroatoms. The fraction of sp³-hybridized carbons (Fsp3) is 0.643. The molecule has 0 unspecified atom stereocenters. The van der Waals surface area contributed by atoms with Crippen LogP contribution in [0.2, 0.25) is 0 Å². The second-order valence-corrected chi connectivity index (χ2v) is 4.69. The largest absolute Gasteiger partial charge is 0.466 e. The number of hydrogen-bond donors (Lipinski definition) is 3. The van der Waals surface area contributed by atoms with Crippen molar-refractivity contribution >= 4 is 17.6 Å². The van der Waals surface area contributed by atoms with Gasteiger partial charge in [-0.05, 0) is 26.7 Å². The van der Waals surface area contributed by atoms with Crippen LogP contribution in [0.5, 0.6) is 0 Å². The fourth-order valence-electron chi connectivity index (χ4n) is 1.88. The lowest BCUT2D eigenvalue weighted by Crippen LogP contribution is -2.16. The summed E-state index contributed by atoms with van der Waals surface area (Å²) >= 11 is 0. The molecule has 21 heavy (non-hydrogen) atoms. The zero-order valence-corrected chi connectivity index (χ0v) is 13.0. The summed E-state index contributed by atoms with van der Waals surface area (Å²) in [6.45, 7) is 6.84. The van der Waals surface area contributed by atoms with Gasteiger partial charge in [0.25, 0.3) is 0 Å². The lowest BCUT2D eigenvalue weighted by molar-refractivity contribution is -0.143. The molecule has 0 saturated carbocycles. The second kappa shape index (κ2) is 9.12. The first kappa shape index (κ1) is 17.2. The number of hydrogen-bond acceptors (Lipinski definition) is 7. The molecule has 0 amide bonds. The molecule has 0 fully saturated rings. The van der Waals surface area contributed by atoms with E-state index in [2.05, 4.69) is 27.6 Å². The summed E-state index contributed by atoms with van der Waals surface area (Å²) in [7, 11) is 0. The molecule has 1 heterocycles. The number of nitrogens with zero attached hydrogens (tertiary/aromatic N) is 2. The molecule has 4 N–H and O–H groups in total. The molecule has 0 aliphatic heterocycles. The first-order chi connectivity index (χ1) is 10.1. The van der Waals surface area contributed by atoms with E-state index in [0.717, 1.165) is 30.0 Å². The van der Waals surface area contributed by atoms with Crippen molar-refractivity contribution in [1.82, 2.24) is 9.97 Å². The average Bonchev–Trinajstić information content (AvgIpc) is 2.46. The van der Waals surface area contributed by atoms with Crippen LogP contribution in [0.1, 0.15) is 44.5 Å². The molecule has 0 spiro atoms. The molecule has 0 aliphatic carbocycles. The van der Waals surface area contributed by atoms with Crippen LogP contribution in [0.25, 0.3) is 0 Å². The van der Waals surface area contributed by atoms with E-state index in [-0.39, 0.29) is 5.97 Å². The Hall–Kier alpha value is -1.89. The van der Waals surface area contributed by atoms with Crippen LogP contribution < -0.4 is 16.6 Å². The van der Waals surface area contributed by atoms with E-state index in [9.17, 15) is 4.79 Å². The zero-order chi connectivity index (χ0) is 15.7. The van der Waals surface area contributed by atoms with Gasteiger partial charge >= 0.3 is 5.97 Å². The topological polar surface area (TPSA) is 102 Å². The van der Waals surface area contributed by atoms with Crippen molar-refractivity contribution in [2.45, 2.75) is 46.5 Å². The van der Waals surface area contributed by atoms with Crippen LogP contribution >= 0.6 is 0 Å². The molecule has 0 radical (unpaired) electrons. The molecular weight excluding hydrogens is 270 g/mol. The van der Waals surface area contributed by atoms with Crippen LogP contribution in [0.15, 0.2) is 0 Å². The summed E-state index contributed by atoms with van der Waals surface area (Å²) in [5.74, 6) is 7.45. The van der Waals surface area contributed by atoms with E-state index >= 15 is 0 Å². The Balaban J connectivity index is 2.60. The highest BCUT2D eigenvalue weighted by Gasteiger charge is 2.10. The number of aryl methyl sites for hydroxylation is 1. The minimum absolute atomic E-state index is 0.172. The maximum Gasteiger partial charge on any atom is 0.305 e. The van der Waals surface area contributed by atoms with Gasteiger partial charge in [-0.2, -0.15) is 0 Å². The molecule has 0 aliphatic rings. The average molecular weight is 295 g/mol. The highest BCUT2D eigenvalue weighted by molar-refractivity contribution is 5.69. The van der Waals surface area contributed by atoms with Crippen molar-refractivity contribution in [3.05, 3.63) is 11.4 Å². The van der Waals surface area contributed by atoms with Crippen molar-refractivity contribution in [2.75, 3.05) is 23.9 Å². The van der Waals surface area contributed by atoms with E-state index < -0.39 is 0 Å². The number of anilines is 2. The molecule has 1 aromatic heterocycles. The molecule has 0 atom stereocenters. The summed E-state index contributed by atoms with van der Waals surface area (Å²) in [4.78, 5) is 20.1. The van der Waals surface area contributed by atoms with Gasteiger partial charge in [0.2, 0.25) is 0 Å². The Bertz CT molecular complexity index is 465. The zero-order valence-electron chi connectivity index (χ0n) is 13.0. The van der Waals surface area contributed by atoms with Gasteiger partial charge < -0.3 is 15.5 Å². The Morgan fingerprint density at radius 2 is 2.00 bits per heavy atom. The van der Waals surface area contributed by atoms with Gasteiger partial charge in [0.15, 0.2) is 0 Å². The Morgan fingerprint density at radius 3 is 2.62 bits per heavy atom. The van der Waals surface area contributed by atoms with Gasteiger partial charge in [0, 0.05) is 24.9 Å². The van der Waals surface area contributed by atoms with E-state index in [1.54, 1.807) is 6.92 Å². The smallest absolute Gasteiger partial charge is 0.305 e. The number of nitrogen functional groups attached to an aromatic ring is 1. The molecular formula is C14H25N5O2. The van der Waals surface area contributed by atoms with E-state index in [1.165, 1.54) is 0 Å². The summed E-state index contributed by atoms with van der Waals surface area (Å²) in [6, 6.07) is 0. The molecule has 118 valence electrons. The second-order valence-electron chi connectivity index (χ2n) is 4.69. The molecule has 1 aromatic rings. The number of rotatable bonds is 9. The third-order valence-electron chi connectivity index (χ3n) is 2.96. The minimum Gasteiger partial charge on any atom is -0.466 e. The van der Waals surface area contributed by atoms with E-state index in [1.807, 2.05) is 6.92 Å². The number of esters is 1. The van der Waals surface area contributed by atoms with Gasteiger partial charge in [-0.15, -0.1) is 0 Å². The number of carbonyl (C=O) groups is 1. The van der Waals surface area contributed by atoms with Gasteiger partial charge in [-0.3, -0.25) is 4.79 Å². The third-order valence-corrected chi connectivity index (χ3v) is 2.96. The maximum absolute atomic E-state index is 11.3. The highest BCUT2D eigenvalue weighted by Crippen LogP contribution is 2.19. The van der Waals surface area contributed by atoms with Gasteiger partial charge in [0.1, 0.15) is 17.5 Å². The quantitative estimate of drug-likeness (QED) is 0.276. The number of nitrogens with two attached hydrogens (primary N) is 1. The number of carbonyl (C=O) groups excluding carboxylic acids is 1. The maximum atomic E-state index is 11.3. The van der Waals surface area contributed by atoms with Crippen LogP contribution in [0.4, 0.5) is 11.6 Å². The number of nitrogens with one attached hydrogen (secondary N) is 2. The predicted octanol–water partition coefficient (Wildman–Crippen LogP) is 1.78. The van der Waals surface area contributed by atoms with Crippen LogP contribution in [-0.2, 0) is 16.0 Å². The summed E-state index contributed by atoms with van der Waals surface area (Å²) in [5.41, 5.74) is 3.46. The summed E-state index contributed by atoms with van der Waals surface area (Å²) in [5, 5.41) is 3.23. The SMILES string of the molecule is CCCc1nc(NN)c(C)c(NCCCC(=O)OCC)n1. The highest BCUT2D eigenvalue weighted by atomic mass is 16.5. The van der Waals surface area contributed by atoms with Crippen LogP contribution in [0, 0.1) is 6.92 Å². The molecule has 0 aromatic carbocycles. The van der Waals surface area contributed by atoms with Crippen LogP contribution in [0.3, 0.4) is 0 Å². The van der Waals surface area contributed by atoms with Gasteiger partial charge in [0.05, 0.1) is 6.61 Å². The molecule has 7 nitrogen and oxygen atoms in total. The van der Waals surface area contributed by atoms with Crippen LogP contribution in [-0.4, -0.2) is 29.1 Å². The van der Waals surface area contributed by atoms with Crippen molar-refractivity contribution < 1.29 is 9.53 Å².